The standard InChI is InChI=1S/C15H16N2S/c1-11-3-7-13(8-4-11)17-15(16)12-5-9-14(18-2)10-6-12/h3-10H,1-2H3,(H2,16,17). The fraction of sp³-hybridized carbons (Fsp3) is 0.133. The molecule has 0 saturated heterocycles. The molecule has 0 aliphatic heterocycles. The maximum Gasteiger partial charge on any atom is 0.129 e. The van der Waals surface area contributed by atoms with Crippen molar-refractivity contribution in [3.63, 3.8) is 0 Å². The molecule has 2 nitrogen and oxygen atoms in total. The lowest BCUT2D eigenvalue weighted by Crippen LogP contribution is -2.11. The molecule has 0 saturated carbocycles. The van der Waals surface area contributed by atoms with E-state index in [4.69, 9.17) is 5.41 Å². The largest absolute Gasteiger partial charge is 0.340 e. The molecule has 18 heavy (non-hydrogen) atoms. The maximum absolute atomic E-state index is 8.03. The number of amidine groups is 1. The topological polar surface area (TPSA) is 35.9 Å². The zero-order valence-corrected chi connectivity index (χ0v) is 11.3. The quantitative estimate of drug-likeness (QED) is 0.491. The number of hydrogen-bond acceptors (Lipinski definition) is 2. The second kappa shape index (κ2) is 5.74. The number of anilines is 1. The van der Waals surface area contributed by atoms with Gasteiger partial charge in [0, 0.05) is 16.1 Å². The average Bonchev–Trinajstić information content (AvgIpc) is 2.41. The highest BCUT2D eigenvalue weighted by atomic mass is 32.2. The normalized spacial score (nSPS) is 10.1. The lowest BCUT2D eigenvalue weighted by molar-refractivity contribution is 1.40. The molecular weight excluding hydrogens is 240 g/mol. The van der Waals surface area contributed by atoms with Crippen molar-refractivity contribution < 1.29 is 0 Å². The van der Waals surface area contributed by atoms with Gasteiger partial charge in [-0.2, -0.15) is 0 Å². The van der Waals surface area contributed by atoms with Crippen LogP contribution in [0.5, 0.6) is 0 Å². The number of benzene rings is 2. The van der Waals surface area contributed by atoms with Crippen molar-refractivity contribution in [3.8, 4) is 0 Å². The van der Waals surface area contributed by atoms with Crippen LogP contribution in [0.4, 0.5) is 5.69 Å². The van der Waals surface area contributed by atoms with Gasteiger partial charge in [-0.1, -0.05) is 29.8 Å². The van der Waals surface area contributed by atoms with Crippen LogP contribution in [0.1, 0.15) is 11.1 Å². The van der Waals surface area contributed by atoms with E-state index >= 15 is 0 Å². The summed E-state index contributed by atoms with van der Waals surface area (Å²) < 4.78 is 0. The first-order chi connectivity index (χ1) is 8.69. The summed E-state index contributed by atoms with van der Waals surface area (Å²) >= 11 is 1.70. The predicted octanol–water partition coefficient (Wildman–Crippen LogP) is 4.15. The third-order valence-electron chi connectivity index (χ3n) is 2.70. The SMILES string of the molecule is CSc1ccc(C(=N)Nc2ccc(C)cc2)cc1. The molecule has 2 rings (SSSR count). The lowest BCUT2D eigenvalue weighted by Gasteiger charge is -2.08. The van der Waals surface area contributed by atoms with E-state index in [-0.39, 0.29) is 0 Å². The highest BCUT2D eigenvalue weighted by Gasteiger charge is 2.01. The van der Waals surface area contributed by atoms with Gasteiger partial charge in [-0.3, -0.25) is 5.41 Å². The van der Waals surface area contributed by atoms with E-state index in [0.29, 0.717) is 5.84 Å². The van der Waals surface area contributed by atoms with E-state index in [2.05, 4.69) is 12.2 Å². The molecule has 0 fully saturated rings. The van der Waals surface area contributed by atoms with Crippen LogP contribution in [0.3, 0.4) is 0 Å². The number of nitrogens with one attached hydrogen (secondary N) is 2. The van der Waals surface area contributed by atoms with E-state index in [1.54, 1.807) is 11.8 Å². The fourth-order valence-electron chi connectivity index (χ4n) is 1.61. The average molecular weight is 256 g/mol. The molecule has 0 aliphatic rings. The molecule has 0 unspecified atom stereocenters. The first kappa shape index (κ1) is 12.7. The summed E-state index contributed by atoms with van der Waals surface area (Å²) in [7, 11) is 0. The van der Waals surface area contributed by atoms with Crippen LogP contribution < -0.4 is 5.32 Å². The Labute approximate surface area is 112 Å². The van der Waals surface area contributed by atoms with Crippen molar-refractivity contribution in [1.82, 2.24) is 0 Å². The van der Waals surface area contributed by atoms with Gasteiger partial charge >= 0.3 is 0 Å². The molecule has 2 aromatic carbocycles. The van der Waals surface area contributed by atoms with E-state index in [9.17, 15) is 0 Å². The zero-order valence-electron chi connectivity index (χ0n) is 10.5. The molecule has 0 aromatic heterocycles. The monoisotopic (exact) mass is 256 g/mol. The Hall–Kier alpha value is -1.74. The second-order valence-corrected chi connectivity index (χ2v) is 4.97. The summed E-state index contributed by atoms with van der Waals surface area (Å²) in [6.07, 6.45) is 2.05. The molecule has 0 amide bonds. The molecule has 0 heterocycles. The molecule has 2 aromatic rings. The smallest absolute Gasteiger partial charge is 0.129 e. The Bertz CT molecular complexity index is 529. The molecular formula is C15H16N2S. The molecule has 0 bridgehead atoms. The highest BCUT2D eigenvalue weighted by Crippen LogP contribution is 2.16. The van der Waals surface area contributed by atoms with Crippen LogP contribution in [-0.4, -0.2) is 12.1 Å². The Kier molecular flexibility index (Phi) is 4.05. The highest BCUT2D eigenvalue weighted by molar-refractivity contribution is 7.98. The van der Waals surface area contributed by atoms with Gasteiger partial charge in [-0.05, 0) is 37.4 Å². The van der Waals surface area contributed by atoms with Gasteiger partial charge < -0.3 is 5.32 Å². The van der Waals surface area contributed by atoms with Crippen molar-refractivity contribution in [2.24, 2.45) is 0 Å². The van der Waals surface area contributed by atoms with Crippen LogP contribution in [0.15, 0.2) is 53.4 Å². The molecule has 0 aliphatic carbocycles. The lowest BCUT2D eigenvalue weighted by atomic mass is 10.2. The molecule has 0 radical (unpaired) electrons. The van der Waals surface area contributed by atoms with Crippen LogP contribution >= 0.6 is 11.8 Å². The van der Waals surface area contributed by atoms with Gasteiger partial charge in [-0.15, -0.1) is 11.8 Å². The van der Waals surface area contributed by atoms with Crippen molar-refractivity contribution in [3.05, 3.63) is 59.7 Å². The van der Waals surface area contributed by atoms with Crippen molar-refractivity contribution in [2.45, 2.75) is 11.8 Å². The first-order valence-electron chi connectivity index (χ1n) is 5.76. The number of rotatable bonds is 3. The van der Waals surface area contributed by atoms with Crippen molar-refractivity contribution in [2.75, 3.05) is 11.6 Å². The summed E-state index contributed by atoms with van der Waals surface area (Å²) in [5.41, 5.74) is 3.06. The molecule has 2 N–H and O–H groups in total. The second-order valence-electron chi connectivity index (χ2n) is 4.09. The van der Waals surface area contributed by atoms with Crippen molar-refractivity contribution >= 4 is 23.3 Å². The number of thioether (sulfide) groups is 1. The summed E-state index contributed by atoms with van der Waals surface area (Å²) in [5, 5.41) is 11.1. The summed E-state index contributed by atoms with van der Waals surface area (Å²) in [6.45, 7) is 2.05. The minimum atomic E-state index is 0.423. The molecule has 0 spiro atoms. The van der Waals surface area contributed by atoms with E-state index in [1.165, 1.54) is 10.5 Å². The summed E-state index contributed by atoms with van der Waals surface area (Å²) in [5.74, 6) is 0.423. The van der Waals surface area contributed by atoms with Gasteiger partial charge in [0.1, 0.15) is 5.84 Å². The zero-order chi connectivity index (χ0) is 13.0. The summed E-state index contributed by atoms with van der Waals surface area (Å²) in [4.78, 5) is 1.21. The van der Waals surface area contributed by atoms with Gasteiger partial charge in [0.05, 0.1) is 0 Å². The van der Waals surface area contributed by atoms with E-state index in [1.807, 2.05) is 54.8 Å². The molecule has 0 atom stereocenters. The maximum atomic E-state index is 8.03. The van der Waals surface area contributed by atoms with Crippen LogP contribution in [0.25, 0.3) is 0 Å². The third kappa shape index (κ3) is 3.14. The Morgan fingerprint density at radius 3 is 2.17 bits per heavy atom. The minimum absolute atomic E-state index is 0.423. The van der Waals surface area contributed by atoms with Crippen LogP contribution in [0.2, 0.25) is 0 Å². The van der Waals surface area contributed by atoms with Gasteiger partial charge in [0.15, 0.2) is 0 Å². The Morgan fingerprint density at radius 2 is 1.61 bits per heavy atom. The summed E-state index contributed by atoms with van der Waals surface area (Å²) in [6, 6.07) is 16.0. The predicted molar refractivity (Wildman–Crippen MR) is 79.9 cm³/mol. The van der Waals surface area contributed by atoms with Gasteiger partial charge in [0.2, 0.25) is 0 Å². The van der Waals surface area contributed by atoms with Gasteiger partial charge in [0.25, 0.3) is 0 Å². The Morgan fingerprint density at radius 1 is 1.00 bits per heavy atom. The van der Waals surface area contributed by atoms with E-state index in [0.717, 1.165) is 11.3 Å². The van der Waals surface area contributed by atoms with E-state index < -0.39 is 0 Å². The fourth-order valence-corrected chi connectivity index (χ4v) is 2.02. The van der Waals surface area contributed by atoms with Crippen LogP contribution in [-0.2, 0) is 0 Å². The molecule has 92 valence electrons. The third-order valence-corrected chi connectivity index (χ3v) is 3.44. The van der Waals surface area contributed by atoms with Crippen LogP contribution in [0, 0.1) is 12.3 Å². The minimum Gasteiger partial charge on any atom is -0.340 e. The van der Waals surface area contributed by atoms with Crippen molar-refractivity contribution in [1.29, 1.82) is 5.41 Å². The number of hydrogen-bond donors (Lipinski definition) is 2. The van der Waals surface area contributed by atoms with Gasteiger partial charge in [-0.25, -0.2) is 0 Å². The Balaban J connectivity index is 2.09. The molecule has 3 heteroatoms. The number of aryl methyl sites for hydroxylation is 1. The first-order valence-corrected chi connectivity index (χ1v) is 6.98.